The van der Waals surface area contributed by atoms with Gasteiger partial charge in [-0.1, -0.05) is 41.9 Å². The molecule has 0 spiro atoms. The van der Waals surface area contributed by atoms with Crippen molar-refractivity contribution in [2.24, 2.45) is 0 Å². The molecule has 1 unspecified atom stereocenters. The van der Waals surface area contributed by atoms with E-state index in [1.807, 2.05) is 46.2 Å². The van der Waals surface area contributed by atoms with Crippen molar-refractivity contribution in [3.8, 4) is 0 Å². The van der Waals surface area contributed by atoms with Crippen molar-refractivity contribution in [1.29, 1.82) is 0 Å². The Kier molecular flexibility index (Phi) is 6.11. The molecule has 1 atom stereocenters. The number of rotatable bonds is 4. The van der Waals surface area contributed by atoms with Gasteiger partial charge in [-0.2, -0.15) is 0 Å². The predicted octanol–water partition coefficient (Wildman–Crippen LogP) is 3.52. The molecule has 0 aromatic heterocycles. The SMILES string of the molecule is O=C(C1CCCN1C(=O)Cc1cccc(Cl)c1)N1CCC(N2Cc3ccccc3C2=O)CC1. The number of fused-ring (bicyclic) bond motifs is 1. The lowest BCUT2D eigenvalue weighted by molar-refractivity contribution is -0.144. The third-order valence-corrected chi connectivity index (χ3v) is 7.40. The van der Waals surface area contributed by atoms with Crippen LogP contribution in [-0.2, 0) is 22.6 Å². The number of likely N-dealkylation sites (tertiary alicyclic amines) is 2. The minimum Gasteiger partial charge on any atom is -0.341 e. The zero-order valence-electron chi connectivity index (χ0n) is 18.6. The van der Waals surface area contributed by atoms with Crippen LogP contribution in [0.15, 0.2) is 48.5 Å². The Bertz CT molecular complexity index is 1080. The highest BCUT2D eigenvalue weighted by Crippen LogP contribution is 2.29. The zero-order valence-corrected chi connectivity index (χ0v) is 19.3. The summed E-state index contributed by atoms with van der Waals surface area (Å²) in [6.45, 7) is 2.52. The summed E-state index contributed by atoms with van der Waals surface area (Å²) >= 11 is 6.05. The monoisotopic (exact) mass is 465 g/mol. The number of halogens is 1. The molecule has 33 heavy (non-hydrogen) atoms. The summed E-state index contributed by atoms with van der Waals surface area (Å²) < 4.78 is 0. The van der Waals surface area contributed by atoms with Crippen LogP contribution in [0.4, 0.5) is 0 Å². The molecule has 6 nitrogen and oxygen atoms in total. The lowest BCUT2D eigenvalue weighted by atomic mass is 10.0. The van der Waals surface area contributed by atoms with Crippen LogP contribution in [0.1, 0.15) is 47.2 Å². The zero-order chi connectivity index (χ0) is 22.9. The maximum atomic E-state index is 13.3. The second kappa shape index (κ2) is 9.18. The largest absolute Gasteiger partial charge is 0.341 e. The summed E-state index contributed by atoms with van der Waals surface area (Å²) in [5.41, 5.74) is 2.75. The number of benzene rings is 2. The Labute approximate surface area is 199 Å². The number of piperidine rings is 1. The Morgan fingerprint density at radius 2 is 1.76 bits per heavy atom. The molecular weight excluding hydrogens is 438 g/mol. The van der Waals surface area contributed by atoms with Crippen molar-refractivity contribution < 1.29 is 14.4 Å². The van der Waals surface area contributed by atoms with E-state index in [1.54, 1.807) is 17.0 Å². The highest BCUT2D eigenvalue weighted by atomic mass is 35.5. The minimum atomic E-state index is -0.383. The van der Waals surface area contributed by atoms with Crippen molar-refractivity contribution in [2.75, 3.05) is 19.6 Å². The quantitative estimate of drug-likeness (QED) is 0.694. The standard InChI is InChI=1S/C26H28ClN3O3/c27-20-7-3-5-18(15-20)16-24(31)29-12-4-9-23(29)26(33)28-13-10-21(11-14-28)30-17-19-6-1-2-8-22(19)25(30)32/h1-3,5-8,15,21,23H,4,9-14,16-17H2. The molecule has 0 aliphatic carbocycles. The second-order valence-corrected chi connectivity index (χ2v) is 9.63. The first kappa shape index (κ1) is 22.0. The fourth-order valence-corrected chi connectivity index (χ4v) is 5.64. The maximum Gasteiger partial charge on any atom is 0.254 e. The lowest BCUT2D eigenvalue weighted by Crippen LogP contribution is -2.52. The smallest absolute Gasteiger partial charge is 0.254 e. The van der Waals surface area contributed by atoms with E-state index in [4.69, 9.17) is 11.6 Å². The minimum absolute atomic E-state index is 0.0246. The first-order chi connectivity index (χ1) is 16.0. The van der Waals surface area contributed by atoms with Gasteiger partial charge in [0.25, 0.3) is 5.91 Å². The first-order valence-corrected chi connectivity index (χ1v) is 12.1. The van der Waals surface area contributed by atoms with E-state index in [1.165, 1.54) is 0 Å². The Balaban J connectivity index is 1.18. The van der Waals surface area contributed by atoms with Crippen molar-refractivity contribution in [3.63, 3.8) is 0 Å². The molecule has 2 fully saturated rings. The molecule has 0 bridgehead atoms. The molecule has 3 amide bonds. The van der Waals surface area contributed by atoms with Gasteiger partial charge in [-0.15, -0.1) is 0 Å². The summed E-state index contributed by atoms with van der Waals surface area (Å²) in [6.07, 6.45) is 3.35. The molecule has 3 aliphatic heterocycles. The molecule has 0 radical (unpaired) electrons. The Hall–Kier alpha value is -2.86. The van der Waals surface area contributed by atoms with Gasteiger partial charge in [-0.05, 0) is 55.0 Å². The van der Waals surface area contributed by atoms with Crippen molar-refractivity contribution in [1.82, 2.24) is 14.7 Å². The fourth-order valence-electron chi connectivity index (χ4n) is 5.43. The van der Waals surface area contributed by atoms with Crippen molar-refractivity contribution in [2.45, 2.75) is 50.7 Å². The van der Waals surface area contributed by atoms with Gasteiger partial charge in [-0.25, -0.2) is 0 Å². The number of carbonyl (C=O) groups excluding carboxylic acids is 3. The molecule has 2 saturated heterocycles. The van der Waals surface area contributed by atoms with Crippen LogP contribution in [0, 0.1) is 0 Å². The van der Waals surface area contributed by atoms with Crippen molar-refractivity contribution in [3.05, 3.63) is 70.2 Å². The average molecular weight is 466 g/mol. The summed E-state index contributed by atoms with van der Waals surface area (Å²) in [7, 11) is 0. The van der Waals surface area contributed by atoms with Crippen LogP contribution in [0.25, 0.3) is 0 Å². The van der Waals surface area contributed by atoms with Gasteiger partial charge in [0.1, 0.15) is 6.04 Å². The Morgan fingerprint density at radius 3 is 2.52 bits per heavy atom. The van der Waals surface area contributed by atoms with E-state index < -0.39 is 0 Å². The van der Waals surface area contributed by atoms with E-state index in [9.17, 15) is 14.4 Å². The summed E-state index contributed by atoms with van der Waals surface area (Å²) in [4.78, 5) is 44.7. The molecular formula is C26H28ClN3O3. The normalized spacial score (nSPS) is 20.9. The predicted molar refractivity (Wildman–Crippen MR) is 126 cm³/mol. The first-order valence-electron chi connectivity index (χ1n) is 11.7. The molecule has 2 aromatic carbocycles. The van der Waals surface area contributed by atoms with Gasteiger partial charge < -0.3 is 14.7 Å². The number of hydrogen-bond acceptors (Lipinski definition) is 3. The molecule has 7 heteroatoms. The van der Waals surface area contributed by atoms with Crippen LogP contribution < -0.4 is 0 Å². The highest BCUT2D eigenvalue weighted by Gasteiger charge is 2.39. The topological polar surface area (TPSA) is 60.9 Å². The third kappa shape index (κ3) is 4.36. The van der Waals surface area contributed by atoms with E-state index in [0.717, 1.165) is 36.0 Å². The van der Waals surface area contributed by atoms with E-state index in [0.29, 0.717) is 37.6 Å². The van der Waals surface area contributed by atoms with E-state index >= 15 is 0 Å². The third-order valence-electron chi connectivity index (χ3n) is 7.17. The van der Waals surface area contributed by atoms with Gasteiger partial charge in [-0.3, -0.25) is 14.4 Å². The molecule has 5 rings (SSSR count). The van der Waals surface area contributed by atoms with Gasteiger partial charge in [0.15, 0.2) is 0 Å². The number of amides is 3. The van der Waals surface area contributed by atoms with Gasteiger partial charge in [0.2, 0.25) is 11.8 Å². The van der Waals surface area contributed by atoms with E-state index in [-0.39, 0.29) is 36.2 Å². The average Bonchev–Trinajstić information content (AvgIpc) is 3.44. The summed E-state index contributed by atoms with van der Waals surface area (Å²) in [5.74, 6) is 0.119. The van der Waals surface area contributed by atoms with Crippen LogP contribution in [-0.4, -0.2) is 64.1 Å². The lowest BCUT2D eigenvalue weighted by Gasteiger charge is -2.38. The second-order valence-electron chi connectivity index (χ2n) is 9.20. The van der Waals surface area contributed by atoms with Crippen LogP contribution in [0.5, 0.6) is 0 Å². The Morgan fingerprint density at radius 1 is 0.970 bits per heavy atom. The van der Waals surface area contributed by atoms with Gasteiger partial charge in [0, 0.05) is 42.8 Å². The highest BCUT2D eigenvalue weighted by molar-refractivity contribution is 6.30. The van der Waals surface area contributed by atoms with Crippen molar-refractivity contribution >= 4 is 29.3 Å². The fraction of sp³-hybridized carbons (Fsp3) is 0.423. The molecule has 0 saturated carbocycles. The molecule has 172 valence electrons. The van der Waals surface area contributed by atoms with Crippen LogP contribution >= 0.6 is 11.6 Å². The molecule has 3 aliphatic rings. The number of nitrogens with zero attached hydrogens (tertiary/aromatic N) is 3. The van der Waals surface area contributed by atoms with Gasteiger partial charge >= 0.3 is 0 Å². The van der Waals surface area contributed by atoms with E-state index in [2.05, 4.69) is 0 Å². The summed E-state index contributed by atoms with van der Waals surface area (Å²) in [6, 6.07) is 14.9. The van der Waals surface area contributed by atoms with Crippen LogP contribution in [0.2, 0.25) is 5.02 Å². The number of hydrogen-bond donors (Lipinski definition) is 0. The van der Waals surface area contributed by atoms with Crippen LogP contribution in [0.3, 0.4) is 0 Å². The maximum absolute atomic E-state index is 13.3. The number of carbonyl (C=O) groups is 3. The molecule has 0 N–H and O–H groups in total. The summed E-state index contributed by atoms with van der Waals surface area (Å²) in [5, 5.41) is 0.608. The van der Waals surface area contributed by atoms with Gasteiger partial charge in [0.05, 0.1) is 6.42 Å². The molecule has 3 heterocycles. The molecule has 2 aromatic rings.